The standard InChI is InChI=1S/C25H44O4Si/c1-7-8-9-10-11-13-16-21-18-19-23(29-30(4,5)6)22(21)17-14-12-15-20-25(2,27)24(26)28-3/h8-9,12-14,16,21-23,27H,7,10-11,15,17-20H2,1-6H3/b9-8-,14-12-,16-13+/t21-,22+,23-,25?/m0/s1. The number of carbonyl (C=O) groups excluding carboxylic acids is 1. The highest BCUT2D eigenvalue weighted by molar-refractivity contribution is 6.69. The van der Waals surface area contributed by atoms with E-state index in [1.54, 1.807) is 0 Å². The van der Waals surface area contributed by atoms with Gasteiger partial charge in [-0.3, -0.25) is 0 Å². The number of hydrogen-bond acceptors (Lipinski definition) is 4. The van der Waals surface area contributed by atoms with Crippen LogP contribution in [0.5, 0.6) is 0 Å². The Labute approximate surface area is 185 Å². The number of allylic oxidation sites excluding steroid dienone is 6. The molecule has 1 aliphatic rings. The first-order chi connectivity index (χ1) is 14.1. The number of esters is 1. The third-order valence-corrected chi connectivity index (χ3v) is 6.61. The third-order valence-electron chi connectivity index (χ3n) is 5.60. The molecule has 4 nitrogen and oxygen atoms in total. The van der Waals surface area contributed by atoms with Crippen molar-refractivity contribution in [2.24, 2.45) is 11.8 Å². The van der Waals surface area contributed by atoms with Gasteiger partial charge in [0.15, 0.2) is 13.9 Å². The first-order valence-corrected chi connectivity index (χ1v) is 15.0. The summed E-state index contributed by atoms with van der Waals surface area (Å²) in [5.41, 5.74) is -1.42. The molecular formula is C25H44O4Si. The van der Waals surface area contributed by atoms with E-state index in [2.05, 4.69) is 67.8 Å². The largest absolute Gasteiger partial charge is 0.467 e. The molecule has 0 aromatic rings. The van der Waals surface area contributed by atoms with Crippen LogP contribution >= 0.6 is 0 Å². The SMILES string of the molecule is CC/C=C\CC/C=C/[C@H]1CC[C@H](O[Si](C)(C)C)[C@@H]1C/C=C\CCC(C)(O)C(=O)OC. The van der Waals surface area contributed by atoms with Crippen LogP contribution in [-0.4, -0.2) is 38.2 Å². The molecule has 0 bridgehead atoms. The molecule has 0 radical (unpaired) electrons. The lowest BCUT2D eigenvalue weighted by Crippen LogP contribution is -2.35. The Morgan fingerprint density at radius 2 is 1.73 bits per heavy atom. The van der Waals surface area contributed by atoms with E-state index in [-0.39, 0.29) is 0 Å². The molecule has 1 aliphatic carbocycles. The molecule has 0 aliphatic heterocycles. The highest BCUT2D eigenvalue weighted by Crippen LogP contribution is 2.39. The number of unbranched alkanes of at least 4 members (excludes halogenated alkanes) is 1. The van der Waals surface area contributed by atoms with Crippen molar-refractivity contribution in [3.8, 4) is 0 Å². The molecule has 0 heterocycles. The molecule has 0 amide bonds. The number of methoxy groups -OCH3 is 1. The van der Waals surface area contributed by atoms with E-state index in [4.69, 9.17) is 4.43 Å². The van der Waals surface area contributed by atoms with Gasteiger partial charge in [-0.15, -0.1) is 0 Å². The highest BCUT2D eigenvalue weighted by Gasteiger charge is 2.37. The molecule has 1 unspecified atom stereocenters. The minimum Gasteiger partial charge on any atom is -0.467 e. The molecule has 1 rings (SSSR count). The van der Waals surface area contributed by atoms with Crippen molar-refractivity contribution < 1.29 is 19.1 Å². The average molecular weight is 437 g/mol. The molecule has 0 aromatic heterocycles. The summed E-state index contributed by atoms with van der Waals surface area (Å²) in [5, 5.41) is 10.1. The molecule has 1 N–H and O–H groups in total. The highest BCUT2D eigenvalue weighted by atomic mass is 28.4. The van der Waals surface area contributed by atoms with Crippen LogP contribution in [0, 0.1) is 11.8 Å². The molecular weight excluding hydrogens is 392 g/mol. The molecule has 4 atom stereocenters. The van der Waals surface area contributed by atoms with E-state index in [0.717, 1.165) is 32.1 Å². The summed E-state index contributed by atoms with van der Waals surface area (Å²) in [7, 11) is -0.280. The van der Waals surface area contributed by atoms with Crippen LogP contribution in [0.1, 0.15) is 65.2 Å². The van der Waals surface area contributed by atoms with E-state index in [0.29, 0.717) is 30.8 Å². The van der Waals surface area contributed by atoms with Crippen LogP contribution in [0.2, 0.25) is 19.6 Å². The van der Waals surface area contributed by atoms with Gasteiger partial charge in [-0.05, 0) is 89.8 Å². The van der Waals surface area contributed by atoms with Crippen LogP contribution in [0.3, 0.4) is 0 Å². The van der Waals surface area contributed by atoms with Crippen molar-refractivity contribution in [2.45, 2.75) is 96.6 Å². The van der Waals surface area contributed by atoms with Crippen LogP contribution in [0.25, 0.3) is 0 Å². The monoisotopic (exact) mass is 436 g/mol. The Balaban J connectivity index is 2.65. The normalized spacial score (nSPS) is 24.8. The van der Waals surface area contributed by atoms with E-state index in [1.807, 2.05) is 0 Å². The quantitative estimate of drug-likeness (QED) is 0.162. The van der Waals surface area contributed by atoms with Crippen molar-refractivity contribution in [2.75, 3.05) is 7.11 Å². The summed E-state index contributed by atoms with van der Waals surface area (Å²) in [6.45, 7) is 10.5. The molecule has 0 spiro atoms. The number of carbonyl (C=O) groups is 1. The summed E-state index contributed by atoms with van der Waals surface area (Å²) >= 11 is 0. The van der Waals surface area contributed by atoms with Gasteiger partial charge in [-0.25, -0.2) is 4.79 Å². The van der Waals surface area contributed by atoms with Gasteiger partial charge in [0.2, 0.25) is 0 Å². The zero-order chi connectivity index (χ0) is 22.6. The molecule has 0 saturated heterocycles. The first kappa shape index (κ1) is 26.9. The maximum absolute atomic E-state index is 11.6. The average Bonchev–Trinajstić information content (AvgIpc) is 3.03. The molecule has 1 fully saturated rings. The van der Waals surface area contributed by atoms with Gasteiger partial charge in [0.05, 0.1) is 7.11 Å². The van der Waals surface area contributed by atoms with Gasteiger partial charge in [0.1, 0.15) is 0 Å². The van der Waals surface area contributed by atoms with Crippen LogP contribution < -0.4 is 0 Å². The molecule has 172 valence electrons. The molecule has 1 saturated carbocycles. The molecule has 0 aromatic carbocycles. The van der Waals surface area contributed by atoms with Gasteiger partial charge >= 0.3 is 5.97 Å². The van der Waals surface area contributed by atoms with Gasteiger partial charge in [0, 0.05) is 6.10 Å². The zero-order valence-corrected chi connectivity index (χ0v) is 21.0. The minimum absolute atomic E-state index is 0.328. The summed E-state index contributed by atoms with van der Waals surface area (Å²) in [5.74, 6) is 0.482. The maximum atomic E-state index is 11.6. The Morgan fingerprint density at radius 3 is 2.37 bits per heavy atom. The smallest absolute Gasteiger partial charge is 0.337 e. The van der Waals surface area contributed by atoms with Gasteiger partial charge in [0.25, 0.3) is 0 Å². The summed E-state index contributed by atoms with van der Waals surface area (Å²) < 4.78 is 11.2. The van der Waals surface area contributed by atoms with Crippen LogP contribution in [0.15, 0.2) is 36.5 Å². The van der Waals surface area contributed by atoms with Crippen molar-refractivity contribution in [3.05, 3.63) is 36.5 Å². The minimum atomic E-state index is -1.58. The van der Waals surface area contributed by atoms with Crippen molar-refractivity contribution in [1.29, 1.82) is 0 Å². The van der Waals surface area contributed by atoms with Crippen molar-refractivity contribution in [3.63, 3.8) is 0 Å². The maximum Gasteiger partial charge on any atom is 0.337 e. The second-order valence-electron chi connectivity index (χ2n) is 9.57. The van der Waals surface area contributed by atoms with Gasteiger partial charge in [-0.1, -0.05) is 43.4 Å². The second kappa shape index (κ2) is 13.3. The zero-order valence-electron chi connectivity index (χ0n) is 20.0. The fraction of sp³-hybridized carbons (Fsp3) is 0.720. The number of hydrogen-bond donors (Lipinski definition) is 1. The predicted octanol–water partition coefficient (Wildman–Crippen LogP) is 6.19. The number of aliphatic hydroxyl groups is 1. The lowest BCUT2D eigenvalue weighted by atomic mass is 9.90. The van der Waals surface area contributed by atoms with Gasteiger partial charge < -0.3 is 14.3 Å². The van der Waals surface area contributed by atoms with Gasteiger partial charge in [-0.2, -0.15) is 0 Å². The van der Waals surface area contributed by atoms with E-state index in [1.165, 1.54) is 20.5 Å². The summed E-state index contributed by atoms with van der Waals surface area (Å²) in [6, 6.07) is 0. The van der Waals surface area contributed by atoms with E-state index in [9.17, 15) is 9.90 Å². The van der Waals surface area contributed by atoms with Crippen LogP contribution in [0.4, 0.5) is 0 Å². The van der Waals surface area contributed by atoms with Crippen molar-refractivity contribution in [1.82, 2.24) is 0 Å². The Kier molecular flexibility index (Phi) is 11.9. The Morgan fingerprint density at radius 1 is 1.07 bits per heavy atom. The third kappa shape index (κ3) is 10.2. The fourth-order valence-corrected chi connectivity index (χ4v) is 5.23. The first-order valence-electron chi connectivity index (χ1n) is 11.6. The number of rotatable bonds is 13. The molecule has 30 heavy (non-hydrogen) atoms. The van der Waals surface area contributed by atoms with E-state index >= 15 is 0 Å². The van der Waals surface area contributed by atoms with Crippen molar-refractivity contribution >= 4 is 14.3 Å². The molecule has 5 heteroatoms. The summed E-state index contributed by atoms with van der Waals surface area (Å²) in [4.78, 5) is 11.6. The number of ether oxygens (including phenoxy) is 1. The topological polar surface area (TPSA) is 55.8 Å². The fourth-order valence-electron chi connectivity index (χ4n) is 4.03. The predicted molar refractivity (Wildman–Crippen MR) is 128 cm³/mol. The lowest BCUT2D eigenvalue weighted by molar-refractivity contribution is -0.160. The summed E-state index contributed by atoms with van der Waals surface area (Å²) in [6.07, 6.45) is 21.5. The van der Waals surface area contributed by atoms with Crippen LogP contribution in [-0.2, 0) is 14.0 Å². The Bertz CT molecular complexity index is 586. The Hall–Kier alpha value is -1.17. The van der Waals surface area contributed by atoms with E-state index < -0.39 is 19.9 Å². The lowest BCUT2D eigenvalue weighted by Gasteiger charge is -2.29. The second-order valence-corrected chi connectivity index (χ2v) is 14.0.